The number of hydrogen-bond acceptors (Lipinski definition) is 4. The first-order chi connectivity index (χ1) is 9.50. The number of ketones is 1. The van der Waals surface area contributed by atoms with Gasteiger partial charge in [0.15, 0.2) is 5.78 Å². The maximum absolute atomic E-state index is 12.7. The van der Waals surface area contributed by atoms with Crippen LogP contribution in [0.5, 0.6) is 0 Å². The molecule has 2 rings (SSSR count). The van der Waals surface area contributed by atoms with Crippen LogP contribution < -0.4 is 15.1 Å². The lowest BCUT2D eigenvalue weighted by Gasteiger charge is -2.25. The summed E-state index contributed by atoms with van der Waals surface area (Å²) in [6, 6.07) is 6.10. The molecular formula is C16H25N3O. The summed E-state index contributed by atoms with van der Waals surface area (Å²) in [5.41, 5.74) is 2.99. The second-order valence-corrected chi connectivity index (χ2v) is 5.88. The number of rotatable bonds is 4. The molecule has 0 saturated carbocycles. The van der Waals surface area contributed by atoms with Gasteiger partial charge in [-0.15, -0.1) is 0 Å². The van der Waals surface area contributed by atoms with Crippen molar-refractivity contribution in [3.8, 4) is 0 Å². The lowest BCUT2D eigenvalue weighted by atomic mass is 9.88. The van der Waals surface area contributed by atoms with Crippen molar-refractivity contribution in [3.05, 3.63) is 23.8 Å². The second kappa shape index (κ2) is 6.27. The fraction of sp³-hybridized carbons (Fsp3) is 0.562. The van der Waals surface area contributed by atoms with Gasteiger partial charge < -0.3 is 15.1 Å². The molecule has 20 heavy (non-hydrogen) atoms. The second-order valence-electron chi connectivity index (χ2n) is 5.88. The van der Waals surface area contributed by atoms with Crippen LogP contribution in [-0.4, -0.2) is 47.1 Å². The van der Waals surface area contributed by atoms with Crippen LogP contribution >= 0.6 is 0 Å². The maximum Gasteiger partial charge on any atom is 0.168 e. The van der Waals surface area contributed by atoms with E-state index in [4.69, 9.17) is 0 Å². The quantitative estimate of drug-likeness (QED) is 0.853. The number of nitrogens with one attached hydrogen (secondary N) is 1. The summed E-state index contributed by atoms with van der Waals surface area (Å²) < 4.78 is 0. The smallest absolute Gasteiger partial charge is 0.168 e. The Morgan fingerprint density at radius 3 is 2.30 bits per heavy atom. The molecule has 1 aromatic carbocycles. The molecule has 0 aliphatic carbocycles. The largest absolute Gasteiger partial charge is 0.378 e. The van der Waals surface area contributed by atoms with Crippen molar-refractivity contribution in [2.24, 2.45) is 5.92 Å². The molecule has 1 aliphatic heterocycles. The van der Waals surface area contributed by atoms with Gasteiger partial charge in [0.1, 0.15) is 0 Å². The standard InChI is InChI=1S/C16H25N3O/c1-18(2)13-5-6-14(15(11-13)19(3)4)16(20)12-7-9-17-10-8-12/h5-6,11-12,17H,7-10H2,1-4H3. The molecule has 1 aliphatic rings. The molecule has 0 bridgehead atoms. The Hall–Kier alpha value is -1.55. The highest BCUT2D eigenvalue weighted by atomic mass is 16.1. The number of carbonyl (C=O) groups is 1. The van der Waals surface area contributed by atoms with Gasteiger partial charge in [0.05, 0.1) is 0 Å². The monoisotopic (exact) mass is 275 g/mol. The topological polar surface area (TPSA) is 35.6 Å². The van der Waals surface area contributed by atoms with Crippen molar-refractivity contribution in [1.82, 2.24) is 5.32 Å². The molecule has 0 amide bonds. The highest BCUT2D eigenvalue weighted by molar-refractivity contribution is 6.03. The summed E-state index contributed by atoms with van der Waals surface area (Å²) in [4.78, 5) is 16.8. The van der Waals surface area contributed by atoms with Gasteiger partial charge in [0, 0.05) is 51.0 Å². The fourth-order valence-corrected chi connectivity index (χ4v) is 2.68. The van der Waals surface area contributed by atoms with E-state index in [2.05, 4.69) is 16.3 Å². The molecule has 0 radical (unpaired) electrons. The molecule has 110 valence electrons. The number of anilines is 2. The van der Waals surface area contributed by atoms with Gasteiger partial charge >= 0.3 is 0 Å². The lowest BCUT2D eigenvalue weighted by molar-refractivity contribution is 0.0895. The van der Waals surface area contributed by atoms with Crippen LogP contribution in [0, 0.1) is 5.92 Å². The van der Waals surface area contributed by atoms with Crippen LogP contribution in [0.1, 0.15) is 23.2 Å². The number of nitrogens with zero attached hydrogens (tertiary/aromatic N) is 2. The fourth-order valence-electron chi connectivity index (χ4n) is 2.68. The SMILES string of the molecule is CN(C)c1ccc(C(=O)C2CCNCC2)c(N(C)C)c1. The molecule has 0 atom stereocenters. The Morgan fingerprint density at radius 1 is 1.10 bits per heavy atom. The summed E-state index contributed by atoms with van der Waals surface area (Å²) in [6.45, 7) is 1.90. The predicted octanol–water partition coefficient (Wildman–Crippen LogP) is 2.00. The predicted molar refractivity (Wildman–Crippen MR) is 85.0 cm³/mol. The minimum atomic E-state index is 0.167. The van der Waals surface area contributed by atoms with Gasteiger partial charge in [-0.05, 0) is 44.1 Å². The zero-order valence-corrected chi connectivity index (χ0v) is 12.9. The summed E-state index contributed by atoms with van der Waals surface area (Å²) >= 11 is 0. The van der Waals surface area contributed by atoms with E-state index < -0.39 is 0 Å². The first kappa shape index (κ1) is 14.9. The third-order valence-corrected chi connectivity index (χ3v) is 3.95. The molecule has 4 heteroatoms. The van der Waals surface area contributed by atoms with E-state index in [-0.39, 0.29) is 5.92 Å². The van der Waals surface area contributed by atoms with Gasteiger partial charge in [-0.25, -0.2) is 0 Å². The van der Waals surface area contributed by atoms with Crippen LogP contribution in [0.4, 0.5) is 11.4 Å². The summed E-state index contributed by atoms with van der Waals surface area (Å²) in [7, 11) is 8.02. The van der Waals surface area contributed by atoms with Gasteiger partial charge in [-0.2, -0.15) is 0 Å². The normalized spacial score (nSPS) is 16.0. The Morgan fingerprint density at radius 2 is 1.75 bits per heavy atom. The average Bonchev–Trinajstić information content (AvgIpc) is 2.46. The van der Waals surface area contributed by atoms with Crippen LogP contribution in [0.15, 0.2) is 18.2 Å². The van der Waals surface area contributed by atoms with Crippen LogP contribution in [-0.2, 0) is 0 Å². The molecule has 0 unspecified atom stereocenters. The van der Waals surface area contributed by atoms with Crippen molar-refractivity contribution in [2.75, 3.05) is 51.1 Å². The van der Waals surface area contributed by atoms with E-state index in [0.717, 1.165) is 42.9 Å². The first-order valence-electron chi connectivity index (χ1n) is 7.24. The Kier molecular flexibility index (Phi) is 4.65. The van der Waals surface area contributed by atoms with E-state index in [1.54, 1.807) is 0 Å². The van der Waals surface area contributed by atoms with Crippen molar-refractivity contribution >= 4 is 17.2 Å². The molecular weight excluding hydrogens is 250 g/mol. The molecule has 1 aromatic rings. The van der Waals surface area contributed by atoms with Crippen molar-refractivity contribution in [1.29, 1.82) is 0 Å². The zero-order chi connectivity index (χ0) is 14.7. The Bertz CT molecular complexity index is 477. The van der Waals surface area contributed by atoms with Gasteiger partial charge in [-0.3, -0.25) is 4.79 Å². The molecule has 4 nitrogen and oxygen atoms in total. The van der Waals surface area contributed by atoms with Crippen molar-refractivity contribution in [2.45, 2.75) is 12.8 Å². The van der Waals surface area contributed by atoms with Gasteiger partial charge in [0.2, 0.25) is 0 Å². The zero-order valence-electron chi connectivity index (χ0n) is 12.9. The number of piperidine rings is 1. The first-order valence-corrected chi connectivity index (χ1v) is 7.24. The number of hydrogen-bond donors (Lipinski definition) is 1. The molecule has 1 N–H and O–H groups in total. The lowest BCUT2D eigenvalue weighted by Crippen LogP contribution is -2.32. The minimum Gasteiger partial charge on any atom is -0.378 e. The maximum atomic E-state index is 12.7. The molecule has 1 fully saturated rings. The van der Waals surface area contributed by atoms with E-state index in [1.807, 2.05) is 45.2 Å². The third-order valence-electron chi connectivity index (χ3n) is 3.95. The van der Waals surface area contributed by atoms with Crippen LogP contribution in [0.25, 0.3) is 0 Å². The highest BCUT2D eigenvalue weighted by Crippen LogP contribution is 2.29. The van der Waals surface area contributed by atoms with Crippen molar-refractivity contribution < 1.29 is 4.79 Å². The van der Waals surface area contributed by atoms with E-state index in [1.165, 1.54) is 0 Å². The number of benzene rings is 1. The Labute approximate surface area is 121 Å². The van der Waals surface area contributed by atoms with E-state index >= 15 is 0 Å². The van der Waals surface area contributed by atoms with E-state index in [9.17, 15) is 4.79 Å². The molecule has 1 heterocycles. The number of Topliss-reactive ketones (excluding diaryl/α,β-unsaturated/α-hetero) is 1. The molecule has 1 saturated heterocycles. The van der Waals surface area contributed by atoms with Gasteiger partial charge in [-0.1, -0.05) is 0 Å². The summed E-state index contributed by atoms with van der Waals surface area (Å²) in [6.07, 6.45) is 1.89. The highest BCUT2D eigenvalue weighted by Gasteiger charge is 2.24. The minimum absolute atomic E-state index is 0.167. The van der Waals surface area contributed by atoms with Crippen LogP contribution in [0.3, 0.4) is 0 Å². The number of carbonyl (C=O) groups excluding carboxylic acids is 1. The average molecular weight is 275 g/mol. The van der Waals surface area contributed by atoms with Crippen LogP contribution in [0.2, 0.25) is 0 Å². The summed E-state index contributed by atoms with van der Waals surface area (Å²) in [5, 5.41) is 3.31. The molecule has 0 aromatic heterocycles. The molecule has 0 spiro atoms. The third kappa shape index (κ3) is 3.12. The Balaban J connectivity index is 2.32. The van der Waals surface area contributed by atoms with Crippen molar-refractivity contribution in [3.63, 3.8) is 0 Å². The summed E-state index contributed by atoms with van der Waals surface area (Å²) in [5.74, 6) is 0.459. The van der Waals surface area contributed by atoms with E-state index in [0.29, 0.717) is 5.78 Å². The van der Waals surface area contributed by atoms with Gasteiger partial charge in [0.25, 0.3) is 0 Å².